The first kappa shape index (κ1) is 18.9. The summed E-state index contributed by atoms with van der Waals surface area (Å²) in [7, 11) is -10.1. The first-order chi connectivity index (χ1) is 11.0. The average Bonchev–Trinajstić information content (AvgIpc) is 2.45. The monoisotopic (exact) mass is 380 g/mol. The smallest absolute Gasteiger partial charge is 0.324 e. The fraction of sp³-hybridized carbons (Fsp3) is 0.154. The maximum absolute atomic E-state index is 13.3. The molecule has 1 heterocycles. The Morgan fingerprint density at radius 3 is 2.12 bits per heavy atom. The summed E-state index contributed by atoms with van der Waals surface area (Å²) in [6, 6.07) is 6.16. The molecule has 0 radical (unpaired) electrons. The highest BCUT2D eigenvalue weighted by atomic mass is 31.2. The molecule has 0 saturated heterocycles. The highest BCUT2D eigenvalue weighted by molar-refractivity contribution is 7.70. The van der Waals surface area contributed by atoms with Crippen LogP contribution in [0.25, 0.3) is 11.1 Å². The maximum atomic E-state index is 13.3. The molecule has 0 atom stereocenters. The van der Waals surface area contributed by atoms with E-state index in [2.05, 4.69) is 0 Å². The zero-order valence-electron chi connectivity index (χ0n) is 12.0. The van der Waals surface area contributed by atoms with Crippen molar-refractivity contribution in [1.29, 1.82) is 0 Å². The van der Waals surface area contributed by atoms with E-state index in [1.165, 1.54) is 35.2 Å². The van der Waals surface area contributed by atoms with Crippen molar-refractivity contribution in [1.82, 2.24) is 0 Å². The lowest BCUT2D eigenvalue weighted by Gasteiger charge is -2.16. The average molecular weight is 380 g/mol. The molecule has 0 fully saturated rings. The van der Waals surface area contributed by atoms with Crippen LogP contribution >= 0.6 is 15.2 Å². The van der Waals surface area contributed by atoms with Gasteiger partial charge in [0, 0.05) is 11.6 Å². The van der Waals surface area contributed by atoms with Gasteiger partial charge in [0.15, 0.2) is 30.6 Å². The van der Waals surface area contributed by atoms with Crippen molar-refractivity contribution in [3.8, 4) is 11.1 Å². The van der Waals surface area contributed by atoms with Gasteiger partial charge in [0.1, 0.15) is 0 Å². The molecule has 130 valence electrons. The van der Waals surface area contributed by atoms with E-state index in [0.717, 1.165) is 12.1 Å². The van der Waals surface area contributed by atoms with E-state index in [-0.39, 0.29) is 0 Å². The standard InChI is InChI=1S/C13H13F2NO6P2/c14-11-4-3-9(6-12(11)15)10-2-1-5-16(7-10)8-13(23(17,18)19)24(20,21)22/h1-7,13H,8H2,(H3-,17,18,19,20,21,22)/p+1. The summed E-state index contributed by atoms with van der Waals surface area (Å²) >= 11 is 0. The van der Waals surface area contributed by atoms with Crippen LogP contribution in [-0.4, -0.2) is 25.0 Å². The highest BCUT2D eigenvalue weighted by Gasteiger charge is 2.46. The van der Waals surface area contributed by atoms with Crippen molar-refractivity contribution >= 4 is 15.2 Å². The summed E-state index contributed by atoms with van der Waals surface area (Å²) in [6.07, 6.45) is 2.67. The zero-order valence-corrected chi connectivity index (χ0v) is 13.8. The van der Waals surface area contributed by atoms with Gasteiger partial charge in [-0.05, 0) is 23.8 Å². The summed E-state index contributed by atoms with van der Waals surface area (Å²) in [6.45, 7) is -0.647. The van der Waals surface area contributed by atoms with E-state index in [4.69, 9.17) is 19.6 Å². The SMILES string of the molecule is O=P(O)(O)C(C[n+]1cccc(-c2ccc(F)c(F)c2)c1)P(=O)(O)O. The predicted octanol–water partition coefficient (Wildman–Crippen LogP) is 1.60. The van der Waals surface area contributed by atoms with E-state index in [9.17, 15) is 17.9 Å². The Morgan fingerprint density at radius 2 is 1.58 bits per heavy atom. The van der Waals surface area contributed by atoms with E-state index < -0.39 is 38.8 Å². The zero-order chi connectivity index (χ0) is 18.1. The molecule has 11 heteroatoms. The van der Waals surface area contributed by atoms with Crippen molar-refractivity contribution in [3.05, 3.63) is 54.4 Å². The minimum Gasteiger partial charge on any atom is -0.324 e. The Hall–Kier alpha value is -1.47. The van der Waals surface area contributed by atoms with Crippen molar-refractivity contribution < 1.29 is 42.1 Å². The molecule has 24 heavy (non-hydrogen) atoms. The Balaban J connectivity index is 2.38. The second-order valence-corrected chi connectivity index (χ2v) is 9.09. The first-order valence-electron chi connectivity index (χ1n) is 6.53. The largest absolute Gasteiger partial charge is 0.347 e. The molecule has 7 nitrogen and oxygen atoms in total. The van der Waals surface area contributed by atoms with Crippen LogP contribution in [0.15, 0.2) is 42.7 Å². The predicted molar refractivity (Wildman–Crippen MR) is 79.9 cm³/mol. The van der Waals surface area contributed by atoms with Crippen LogP contribution in [0.1, 0.15) is 0 Å². The molecular formula is C13H14F2NO6P2+. The Bertz CT molecular complexity index is 828. The third kappa shape index (κ3) is 4.54. The minimum atomic E-state index is -5.06. The normalized spacial score (nSPS) is 12.6. The molecule has 0 aliphatic heterocycles. The van der Waals surface area contributed by atoms with E-state index in [0.29, 0.717) is 11.1 Å². The molecule has 2 aromatic rings. The van der Waals surface area contributed by atoms with Gasteiger partial charge in [-0.2, -0.15) is 0 Å². The molecule has 0 saturated carbocycles. The summed E-state index contributed by atoms with van der Waals surface area (Å²) in [5.74, 6) is -2.09. The van der Waals surface area contributed by atoms with Crippen molar-refractivity contribution in [3.63, 3.8) is 0 Å². The molecule has 0 bridgehead atoms. The third-order valence-electron chi connectivity index (χ3n) is 3.26. The summed E-state index contributed by atoms with van der Waals surface area (Å²) in [5.41, 5.74) is 0.679. The number of halogens is 2. The van der Waals surface area contributed by atoms with Crippen molar-refractivity contribution in [2.24, 2.45) is 0 Å². The van der Waals surface area contributed by atoms with Crippen LogP contribution in [0.3, 0.4) is 0 Å². The van der Waals surface area contributed by atoms with Crippen LogP contribution in [0.4, 0.5) is 8.78 Å². The van der Waals surface area contributed by atoms with Gasteiger partial charge >= 0.3 is 15.2 Å². The summed E-state index contributed by atoms with van der Waals surface area (Å²) < 4.78 is 50.1. The molecule has 0 spiro atoms. The van der Waals surface area contributed by atoms with Gasteiger partial charge < -0.3 is 19.6 Å². The molecule has 4 N–H and O–H groups in total. The van der Waals surface area contributed by atoms with Gasteiger partial charge in [0.2, 0.25) is 5.40 Å². The van der Waals surface area contributed by atoms with E-state index >= 15 is 0 Å². The van der Waals surface area contributed by atoms with E-state index in [1.807, 2.05) is 0 Å². The van der Waals surface area contributed by atoms with Gasteiger partial charge in [0.25, 0.3) is 0 Å². The Kier molecular flexibility index (Phi) is 5.34. The molecule has 0 aliphatic carbocycles. The number of hydrogen-bond acceptors (Lipinski definition) is 2. The quantitative estimate of drug-likeness (QED) is 0.462. The highest BCUT2D eigenvalue weighted by Crippen LogP contribution is 2.59. The number of aromatic nitrogens is 1. The lowest BCUT2D eigenvalue weighted by atomic mass is 10.1. The number of rotatable bonds is 5. The fourth-order valence-corrected chi connectivity index (χ4v) is 4.45. The molecule has 1 aromatic heterocycles. The molecule has 0 aliphatic rings. The van der Waals surface area contributed by atoms with Crippen LogP contribution < -0.4 is 4.57 Å². The molecule has 0 unspecified atom stereocenters. The van der Waals surface area contributed by atoms with Gasteiger partial charge in [-0.15, -0.1) is 0 Å². The van der Waals surface area contributed by atoms with Crippen molar-refractivity contribution in [2.75, 3.05) is 0 Å². The number of pyridine rings is 1. The second-order valence-electron chi connectivity index (χ2n) is 5.08. The van der Waals surface area contributed by atoms with Gasteiger partial charge in [-0.25, -0.2) is 13.3 Å². The van der Waals surface area contributed by atoms with Gasteiger partial charge in [-0.3, -0.25) is 9.13 Å². The Morgan fingerprint density at radius 1 is 0.958 bits per heavy atom. The van der Waals surface area contributed by atoms with Gasteiger partial charge in [-0.1, -0.05) is 6.07 Å². The number of hydrogen-bond donors (Lipinski definition) is 4. The van der Waals surface area contributed by atoms with Crippen LogP contribution in [0.2, 0.25) is 0 Å². The minimum absolute atomic E-state index is 0.298. The molecular weight excluding hydrogens is 366 g/mol. The molecule has 0 amide bonds. The molecule has 1 aromatic carbocycles. The molecule has 2 rings (SSSR count). The number of nitrogens with zero attached hydrogens (tertiary/aromatic N) is 1. The lowest BCUT2D eigenvalue weighted by molar-refractivity contribution is -0.694. The van der Waals surface area contributed by atoms with Gasteiger partial charge in [0.05, 0.1) is 0 Å². The number of benzene rings is 1. The van der Waals surface area contributed by atoms with Crippen LogP contribution in [0.5, 0.6) is 0 Å². The fourth-order valence-electron chi connectivity index (χ4n) is 2.08. The first-order valence-corrected chi connectivity index (χ1v) is 9.90. The van der Waals surface area contributed by atoms with Crippen LogP contribution in [-0.2, 0) is 15.7 Å². The maximum Gasteiger partial charge on any atom is 0.347 e. The second kappa shape index (κ2) is 6.80. The van der Waals surface area contributed by atoms with E-state index in [1.54, 1.807) is 0 Å². The summed E-state index contributed by atoms with van der Waals surface area (Å²) in [5, 5.41) is -2.20. The summed E-state index contributed by atoms with van der Waals surface area (Å²) in [4.78, 5) is 36.6. The Labute approximate surface area is 135 Å². The lowest BCUT2D eigenvalue weighted by Crippen LogP contribution is -2.39. The topological polar surface area (TPSA) is 119 Å². The van der Waals surface area contributed by atoms with Crippen molar-refractivity contribution in [2.45, 2.75) is 11.9 Å². The van der Waals surface area contributed by atoms with Crippen LogP contribution in [0, 0.1) is 11.6 Å². The third-order valence-corrected chi connectivity index (χ3v) is 6.95.